The number of carbonyl (C=O) groups excluding carboxylic acids is 1. The summed E-state index contributed by atoms with van der Waals surface area (Å²) in [4.78, 5) is 32.9. The molecule has 246 valence electrons. The van der Waals surface area contributed by atoms with Gasteiger partial charge in [0.2, 0.25) is 0 Å². The maximum absolute atomic E-state index is 14.5. The van der Waals surface area contributed by atoms with Crippen LogP contribution in [-0.4, -0.2) is 101 Å². The van der Waals surface area contributed by atoms with Crippen LogP contribution in [0.5, 0.6) is 6.01 Å². The van der Waals surface area contributed by atoms with Crippen LogP contribution in [0.1, 0.15) is 75.3 Å². The van der Waals surface area contributed by atoms with Gasteiger partial charge in [0.25, 0.3) is 0 Å². The first kappa shape index (κ1) is 30.0. The Balaban J connectivity index is 1.06. The Kier molecular flexibility index (Phi) is 6.89. The van der Waals surface area contributed by atoms with Gasteiger partial charge in [0.1, 0.15) is 41.1 Å². The zero-order chi connectivity index (χ0) is 32.0. The Labute approximate surface area is 273 Å². The molecule has 0 aromatic carbocycles. The number of hydrogen-bond acceptors (Lipinski definition) is 11. The molecule has 2 bridgehead atoms. The van der Waals surface area contributed by atoms with Gasteiger partial charge in [-0.2, -0.15) is 15.2 Å². The van der Waals surface area contributed by atoms with E-state index in [-0.39, 0.29) is 29.1 Å². The first-order valence-corrected chi connectivity index (χ1v) is 17.5. The van der Waals surface area contributed by atoms with E-state index in [1.54, 1.807) is 11.3 Å². The average molecular weight is 651 g/mol. The lowest BCUT2D eigenvalue weighted by molar-refractivity contribution is 0.0122. The summed E-state index contributed by atoms with van der Waals surface area (Å²) >= 11 is 1.55. The molecule has 46 heavy (non-hydrogen) atoms. The summed E-state index contributed by atoms with van der Waals surface area (Å²) in [6.07, 6.45) is 5.16. The molecule has 5 aliphatic heterocycles. The smallest absolute Gasteiger partial charge is 0.410 e. The van der Waals surface area contributed by atoms with Crippen molar-refractivity contribution in [3.05, 3.63) is 22.1 Å². The number of anilines is 3. The van der Waals surface area contributed by atoms with Gasteiger partial charge in [-0.1, -0.05) is 0 Å². The molecule has 2 N–H and O–H groups in total. The lowest BCUT2D eigenvalue weighted by Gasteiger charge is -2.49. The number of carbonyl (C=O) groups is 1. The van der Waals surface area contributed by atoms with E-state index in [1.165, 1.54) is 4.88 Å². The Bertz CT molecular complexity index is 1580. The molecule has 2 unspecified atom stereocenters. The number of fused-ring (bicyclic) bond motifs is 5. The molecule has 0 radical (unpaired) electrons. The van der Waals surface area contributed by atoms with Gasteiger partial charge in [0.15, 0.2) is 0 Å². The number of thiophene rings is 1. The van der Waals surface area contributed by atoms with Gasteiger partial charge in [-0.3, -0.25) is 9.80 Å². The van der Waals surface area contributed by atoms with Crippen molar-refractivity contribution < 1.29 is 18.7 Å². The summed E-state index contributed by atoms with van der Waals surface area (Å²) in [6.45, 7) is 10.2. The first-order chi connectivity index (χ1) is 22.0. The number of hydrogen-bond donors (Lipinski definition) is 1. The molecular weight excluding hydrogens is 607 g/mol. The van der Waals surface area contributed by atoms with Crippen molar-refractivity contribution in [2.75, 3.05) is 61.4 Å². The summed E-state index contributed by atoms with van der Waals surface area (Å²) in [7, 11) is 0. The van der Waals surface area contributed by atoms with Crippen molar-refractivity contribution in [3.8, 4) is 12.1 Å². The van der Waals surface area contributed by atoms with Crippen LogP contribution in [0.3, 0.4) is 0 Å². The summed E-state index contributed by atoms with van der Waals surface area (Å²) in [5.74, 6) is 1.57. The van der Waals surface area contributed by atoms with Crippen LogP contribution in [0.25, 0.3) is 0 Å². The van der Waals surface area contributed by atoms with E-state index in [4.69, 9.17) is 25.2 Å². The lowest BCUT2D eigenvalue weighted by Crippen LogP contribution is -2.59. The number of rotatable bonds is 5. The lowest BCUT2D eigenvalue weighted by atomic mass is 9.74. The van der Waals surface area contributed by atoms with E-state index in [0.29, 0.717) is 49.2 Å². The van der Waals surface area contributed by atoms with E-state index in [2.05, 4.69) is 20.8 Å². The van der Waals surface area contributed by atoms with E-state index in [9.17, 15) is 14.4 Å². The minimum atomic E-state index is -0.832. The predicted molar refractivity (Wildman–Crippen MR) is 173 cm³/mol. The number of alkyl halides is 1. The third-order valence-electron chi connectivity index (χ3n) is 11.1. The summed E-state index contributed by atoms with van der Waals surface area (Å²) in [5.41, 5.74) is 7.06. The van der Waals surface area contributed by atoms with Crippen LogP contribution in [0.2, 0.25) is 0 Å². The number of nitrogens with zero attached hydrogens (tertiary/aromatic N) is 7. The third kappa shape index (κ3) is 4.86. The van der Waals surface area contributed by atoms with Crippen LogP contribution in [-0.2, 0) is 16.6 Å². The fourth-order valence-electron chi connectivity index (χ4n) is 9.13. The zero-order valence-electron chi connectivity index (χ0n) is 26.9. The molecular formula is C33H43FN8O3S. The number of amides is 1. The van der Waals surface area contributed by atoms with E-state index in [1.807, 2.05) is 31.7 Å². The highest BCUT2D eigenvalue weighted by molar-refractivity contribution is 7.16. The maximum atomic E-state index is 14.5. The van der Waals surface area contributed by atoms with Crippen molar-refractivity contribution in [1.82, 2.24) is 19.8 Å². The topological polar surface area (TPSA) is 124 Å². The Morgan fingerprint density at radius 2 is 1.87 bits per heavy atom. The quantitative estimate of drug-likeness (QED) is 0.503. The number of nitrogens with two attached hydrogens (primary N) is 1. The summed E-state index contributed by atoms with van der Waals surface area (Å²) in [6, 6.07) is 4.80. The van der Waals surface area contributed by atoms with Crippen molar-refractivity contribution in [2.45, 2.75) is 101 Å². The molecule has 6 aliphatic rings. The highest BCUT2D eigenvalue weighted by atomic mass is 32.1. The van der Waals surface area contributed by atoms with E-state index < -0.39 is 11.8 Å². The summed E-state index contributed by atoms with van der Waals surface area (Å²) in [5, 5.41) is 10.5. The normalized spacial score (nSPS) is 29.5. The highest BCUT2D eigenvalue weighted by Crippen LogP contribution is 2.52. The van der Waals surface area contributed by atoms with Gasteiger partial charge in [-0.15, -0.1) is 11.3 Å². The Morgan fingerprint density at radius 3 is 2.57 bits per heavy atom. The van der Waals surface area contributed by atoms with Crippen LogP contribution in [0, 0.1) is 11.3 Å². The molecule has 1 aliphatic carbocycles. The third-order valence-corrected chi connectivity index (χ3v) is 12.2. The number of nitrogen functional groups attached to an aromatic ring is 1. The fourth-order valence-corrected chi connectivity index (χ4v) is 10.3. The molecule has 2 aromatic rings. The number of nitriles is 1. The van der Waals surface area contributed by atoms with Crippen LogP contribution >= 0.6 is 11.3 Å². The van der Waals surface area contributed by atoms with Crippen molar-refractivity contribution in [1.29, 1.82) is 5.26 Å². The average Bonchev–Trinajstić information content (AvgIpc) is 3.74. The zero-order valence-corrected chi connectivity index (χ0v) is 27.7. The monoisotopic (exact) mass is 650 g/mol. The second kappa shape index (κ2) is 10.6. The minimum absolute atomic E-state index is 0.0416. The van der Waals surface area contributed by atoms with Crippen molar-refractivity contribution in [2.24, 2.45) is 0 Å². The number of piperazine rings is 1. The highest BCUT2D eigenvalue weighted by Gasteiger charge is 2.53. The molecule has 5 fully saturated rings. The van der Waals surface area contributed by atoms with Gasteiger partial charge < -0.3 is 25.0 Å². The molecule has 8 rings (SSSR count). The maximum Gasteiger partial charge on any atom is 0.410 e. The first-order valence-electron chi connectivity index (χ1n) is 16.7. The van der Waals surface area contributed by atoms with E-state index >= 15 is 0 Å². The van der Waals surface area contributed by atoms with Gasteiger partial charge in [-0.25, -0.2) is 9.18 Å². The largest absolute Gasteiger partial charge is 0.461 e. The van der Waals surface area contributed by atoms with Crippen LogP contribution in [0.4, 0.5) is 25.8 Å². The molecule has 7 heterocycles. The fraction of sp³-hybridized carbons (Fsp3) is 0.697. The van der Waals surface area contributed by atoms with Crippen LogP contribution in [0.15, 0.2) is 6.07 Å². The molecule has 0 saturated carbocycles. The molecule has 11 nitrogen and oxygen atoms in total. The van der Waals surface area contributed by atoms with Gasteiger partial charge in [-0.05, 0) is 71.4 Å². The number of aryl methyl sites for hydroxylation is 1. The predicted octanol–water partition coefficient (Wildman–Crippen LogP) is 4.24. The summed E-state index contributed by atoms with van der Waals surface area (Å²) < 4.78 is 26.7. The Morgan fingerprint density at radius 1 is 1.15 bits per heavy atom. The molecule has 13 heteroatoms. The van der Waals surface area contributed by atoms with Gasteiger partial charge in [0, 0.05) is 55.5 Å². The second-order valence-corrected chi connectivity index (χ2v) is 16.4. The van der Waals surface area contributed by atoms with Crippen LogP contribution < -0.4 is 20.3 Å². The van der Waals surface area contributed by atoms with Gasteiger partial charge >= 0.3 is 12.1 Å². The number of ether oxygens (including phenoxy) is 2. The van der Waals surface area contributed by atoms with Crippen molar-refractivity contribution >= 4 is 34.1 Å². The molecule has 2 aromatic heterocycles. The molecule has 1 amide bonds. The van der Waals surface area contributed by atoms with E-state index in [0.717, 1.165) is 75.4 Å². The standard InChI is InChI=1S/C33H43FN8O3S/c1-31(2,3)45-30(43)42-21-5-6-22(42)16-39(15-21)25-11-26(38-29(37-25)44-19-33-8-4-10-41(33)14-20(34)12-33)40-17-32(18-40)9-7-24-27(32)23(13-35)28(36)46-24/h11,20-22H,4-10,12,14-19,36H2,1-3H3/t20-,21?,22?,33+/m1/s1. The Hall–Kier alpha value is -3.37. The number of halogens is 1. The molecule has 5 saturated heterocycles. The van der Waals surface area contributed by atoms with Crippen molar-refractivity contribution in [3.63, 3.8) is 0 Å². The number of aromatic nitrogens is 2. The molecule has 1 spiro atoms. The van der Waals surface area contributed by atoms with Gasteiger partial charge in [0.05, 0.1) is 23.2 Å². The molecule has 4 atom stereocenters. The SMILES string of the molecule is CC(C)(C)OC(=O)N1C2CCC1CN(c1cc(N3CC4(CCc5sc(N)c(C#N)c54)C3)nc(OC[C@@]34CCCN3C[C@H](F)C4)n1)C2. The second-order valence-electron chi connectivity index (χ2n) is 15.3. The minimum Gasteiger partial charge on any atom is -0.461 e.